The van der Waals surface area contributed by atoms with Crippen LogP contribution in [0.25, 0.3) is 0 Å². The van der Waals surface area contributed by atoms with Crippen molar-refractivity contribution in [2.75, 3.05) is 49.8 Å². The van der Waals surface area contributed by atoms with Crippen molar-refractivity contribution in [1.82, 2.24) is 25.3 Å². The van der Waals surface area contributed by atoms with Gasteiger partial charge in [0.2, 0.25) is 5.91 Å². The largest absolute Gasteiger partial charge is 0.469 e. The molecule has 4 aromatic heterocycles. The maximum absolute atomic E-state index is 13.2. The van der Waals surface area contributed by atoms with E-state index < -0.39 is 41.8 Å². The van der Waals surface area contributed by atoms with Gasteiger partial charge in [-0.3, -0.25) is 38.4 Å². The van der Waals surface area contributed by atoms with E-state index in [1.807, 2.05) is 0 Å². The number of amides is 1. The fourth-order valence-electron chi connectivity index (χ4n) is 8.60. The normalized spacial score (nSPS) is 11.9. The number of fused-ring (bicyclic) bond motifs is 1. The van der Waals surface area contributed by atoms with Crippen LogP contribution in [0.1, 0.15) is 110 Å². The molecule has 1 aliphatic rings. The van der Waals surface area contributed by atoms with Crippen LogP contribution in [0.3, 0.4) is 0 Å². The molecule has 0 bridgehead atoms. The lowest BCUT2D eigenvalue weighted by Gasteiger charge is -2.14. The van der Waals surface area contributed by atoms with Crippen LogP contribution in [0, 0.1) is 0 Å². The summed E-state index contributed by atoms with van der Waals surface area (Å²) in [6.07, 6.45) is 2.67. The molecular weight excluding hydrogens is 875 g/mol. The van der Waals surface area contributed by atoms with E-state index in [-0.39, 0.29) is 109 Å². The minimum absolute atomic E-state index is 0.0427. The molecule has 5 rings (SSSR count). The summed E-state index contributed by atoms with van der Waals surface area (Å²) in [6, 6.07) is 0. The lowest BCUT2D eigenvalue weighted by atomic mass is 9.94. The highest BCUT2D eigenvalue weighted by atomic mass is 16.5. The Morgan fingerprint density at radius 3 is 1.27 bits per heavy atom. The first-order valence-electron chi connectivity index (χ1n) is 21.7. The lowest BCUT2D eigenvalue weighted by Crippen LogP contribution is -2.30. The van der Waals surface area contributed by atoms with Crippen LogP contribution in [0.15, 0.2) is 6.20 Å². The highest BCUT2D eigenvalue weighted by Crippen LogP contribution is 2.33. The van der Waals surface area contributed by atoms with Gasteiger partial charge in [0, 0.05) is 91.0 Å². The van der Waals surface area contributed by atoms with Gasteiger partial charge in [-0.2, -0.15) is 0 Å². The van der Waals surface area contributed by atoms with Crippen LogP contribution in [0.2, 0.25) is 0 Å². The molecule has 0 radical (unpaired) electrons. The van der Waals surface area contributed by atoms with E-state index in [2.05, 4.69) is 25.3 Å². The molecule has 0 spiro atoms. The van der Waals surface area contributed by atoms with Gasteiger partial charge in [-0.15, -0.1) is 0 Å². The van der Waals surface area contributed by atoms with Gasteiger partial charge in [0.25, 0.3) is 0 Å². The van der Waals surface area contributed by atoms with Crippen molar-refractivity contribution in [3.05, 3.63) is 90.6 Å². The van der Waals surface area contributed by atoms with E-state index in [1.165, 1.54) is 49.8 Å². The van der Waals surface area contributed by atoms with Crippen LogP contribution in [-0.4, -0.2) is 117 Å². The molecule has 1 aliphatic heterocycles. The molecule has 0 atom stereocenters. The summed E-state index contributed by atoms with van der Waals surface area (Å²) in [4.78, 5) is 115. The number of carbonyl (C=O) groups excluding carboxylic acids is 8. The summed E-state index contributed by atoms with van der Waals surface area (Å²) in [5.74, 6) is -3.60. The van der Waals surface area contributed by atoms with Crippen LogP contribution in [0.4, 0.5) is 0 Å². The zero-order valence-corrected chi connectivity index (χ0v) is 39.0. The Hall–Kier alpha value is -7.12. The molecule has 5 heterocycles. The van der Waals surface area contributed by atoms with Crippen molar-refractivity contribution < 1.29 is 71.5 Å². The number of aromatic nitrogens is 4. The zero-order valence-electron chi connectivity index (χ0n) is 39.0. The number of aromatic amines is 4. The Labute approximate surface area is 386 Å². The molecule has 0 saturated carbocycles. The molecule has 0 unspecified atom stereocenters. The SMILES string of the molecule is COC(=O)CCc1c[nH]c(Cc2[nH]c(Cc3[nH]c(Cc4[nH]c5c(c4CCC(=O)OC)CC(=O)NC5)c(CC(=O)OC)c3CCC(=O)OC)c(CC(=O)OC)c2CCC(=O)OC)c1CC(=O)OC. The number of nitrogens with one attached hydrogen (secondary N) is 5. The summed E-state index contributed by atoms with van der Waals surface area (Å²) in [5.41, 5.74) is 9.74. The summed E-state index contributed by atoms with van der Waals surface area (Å²) in [6.45, 7) is 0.257. The number of hydrogen-bond donors (Lipinski definition) is 5. The van der Waals surface area contributed by atoms with Crippen molar-refractivity contribution in [3.63, 3.8) is 0 Å². The first-order chi connectivity index (χ1) is 32.2. The molecular formula is C47H59N5O15. The van der Waals surface area contributed by atoms with Gasteiger partial charge in [-0.05, 0) is 70.2 Å². The molecule has 0 aromatic carbocycles. The van der Waals surface area contributed by atoms with Gasteiger partial charge in [0.1, 0.15) is 0 Å². The standard InChI is InChI=1S/C47H59N5O15/c1-61-41(54)12-8-25-23-48-33(29(25)17-45(58)65-5)20-34-27(10-14-43(56)63-3)31(18-46(59)66-6)37(50-34)21-35-28(11-15-44(57)64-4)32(19-47(60)67-7)38(51-35)22-36-26(9-13-42(55)62-2)30-16-40(53)49-24-39(30)52-36/h23,48,50-52H,8-22,24H2,1-7H3,(H,49,53). The van der Waals surface area contributed by atoms with Gasteiger partial charge in [0.05, 0.1) is 82.0 Å². The minimum Gasteiger partial charge on any atom is -0.469 e. The van der Waals surface area contributed by atoms with Gasteiger partial charge in [-0.25, -0.2) is 0 Å². The average Bonchev–Trinajstić information content (AvgIpc) is 4.06. The van der Waals surface area contributed by atoms with Crippen molar-refractivity contribution in [3.8, 4) is 0 Å². The molecule has 20 nitrogen and oxygen atoms in total. The Kier molecular flexibility index (Phi) is 18.1. The first-order valence-corrected chi connectivity index (χ1v) is 21.7. The number of carbonyl (C=O) groups is 8. The van der Waals surface area contributed by atoms with Crippen molar-refractivity contribution in [1.29, 1.82) is 0 Å². The topological polar surface area (TPSA) is 276 Å². The minimum atomic E-state index is -0.560. The van der Waals surface area contributed by atoms with E-state index in [0.717, 1.165) is 16.8 Å². The van der Waals surface area contributed by atoms with Crippen molar-refractivity contribution in [2.24, 2.45) is 0 Å². The molecule has 362 valence electrons. The maximum atomic E-state index is 13.2. The van der Waals surface area contributed by atoms with Crippen LogP contribution in [0.5, 0.6) is 0 Å². The molecule has 0 fully saturated rings. The average molecular weight is 934 g/mol. The third-order valence-corrected chi connectivity index (χ3v) is 12.1. The summed E-state index contributed by atoms with van der Waals surface area (Å²) >= 11 is 0. The molecule has 5 N–H and O–H groups in total. The lowest BCUT2D eigenvalue weighted by molar-refractivity contribution is -0.141. The molecule has 4 aromatic rings. The van der Waals surface area contributed by atoms with Gasteiger partial charge in [0.15, 0.2) is 0 Å². The molecule has 0 saturated heterocycles. The Balaban J connectivity index is 1.70. The summed E-state index contributed by atoms with van der Waals surface area (Å²) in [7, 11) is 8.98. The predicted octanol–water partition coefficient (Wildman–Crippen LogP) is 2.51. The molecule has 0 aliphatic carbocycles. The van der Waals surface area contributed by atoms with E-state index in [0.29, 0.717) is 67.5 Å². The molecule has 1 amide bonds. The number of methoxy groups -OCH3 is 7. The van der Waals surface area contributed by atoms with Crippen molar-refractivity contribution in [2.45, 2.75) is 103 Å². The third kappa shape index (κ3) is 13.0. The van der Waals surface area contributed by atoms with Crippen LogP contribution >= 0.6 is 0 Å². The quantitative estimate of drug-likeness (QED) is 0.0499. The smallest absolute Gasteiger partial charge is 0.310 e. The number of hydrogen-bond acceptors (Lipinski definition) is 15. The fourth-order valence-corrected chi connectivity index (χ4v) is 8.60. The number of esters is 7. The first kappa shape index (κ1) is 50.9. The maximum Gasteiger partial charge on any atom is 0.310 e. The van der Waals surface area contributed by atoms with Crippen LogP contribution in [-0.2, 0) is 149 Å². The summed E-state index contributed by atoms with van der Waals surface area (Å²) in [5, 5.41) is 2.85. The van der Waals surface area contributed by atoms with Crippen molar-refractivity contribution >= 4 is 47.7 Å². The van der Waals surface area contributed by atoms with E-state index in [4.69, 9.17) is 33.2 Å². The highest BCUT2D eigenvalue weighted by Gasteiger charge is 2.29. The number of rotatable bonds is 24. The summed E-state index contributed by atoms with van der Waals surface area (Å²) < 4.78 is 35.1. The van der Waals surface area contributed by atoms with E-state index in [1.54, 1.807) is 6.20 Å². The number of ether oxygens (including phenoxy) is 7. The highest BCUT2D eigenvalue weighted by molar-refractivity contribution is 5.82. The zero-order chi connectivity index (χ0) is 48.8. The van der Waals surface area contributed by atoms with E-state index >= 15 is 0 Å². The number of H-pyrrole nitrogens is 4. The number of aryl methyl sites for hydroxylation is 1. The second kappa shape index (κ2) is 23.9. The van der Waals surface area contributed by atoms with Gasteiger partial charge >= 0.3 is 41.8 Å². The van der Waals surface area contributed by atoms with Gasteiger partial charge < -0.3 is 58.4 Å². The Morgan fingerprint density at radius 1 is 0.448 bits per heavy atom. The second-order valence-electron chi connectivity index (χ2n) is 15.9. The second-order valence-corrected chi connectivity index (χ2v) is 15.9. The monoisotopic (exact) mass is 933 g/mol. The van der Waals surface area contributed by atoms with Gasteiger partial charge in [-0.1, -0.05) is 0 Å². The Bertz CT molecular complexity index is 2490. The Morgan fingerprint density at radius 2 is 0.821 bits per heavy atom. The molecule has 20 heteroatoms. The van der Waals surface area contributed by atoms with E-state index in [9.17, 15) is 38.4 Å². The van der Waals surface area contributed by atoms with Crippen LogP contribution < -0.4 is 5.32 Å². The predicted molar refractivity (Wildman–Crippen MR) is 236 cm³/mol. The third-order valence-electron chi connectivity index (χ3n) is 12.1. The fraction of sp³-hybridized carbons (Fsp3) is 0.489. The molecule has 67 heavy (non-hydrogen) atoms.